The Kier molecular flexibility index (Phi) is 7.17. The van der Waals surface area contributed by atoms with Crippen molar-refractivity contribution in [2.45, 2.75) is 52.6 Å². The molecular formula is C25H28N2O3. The number of benzene rings is 2. The fourth-order valence-corrected chi connectivity index (χ4v) is 3.69. The molecule has 0 amide bonds. The van der Waals surface area contributed by atoms with Crippen LogP contribution < -0.4 is 11.2 Å². The van der Waals surface area contributed by atoms with Crippen LogP contribution in [0, 0.1) is 0 Å². The van der Waals surface area contributed by atoms with Crippen LogP contribution in [0.4, 0.5) is 0 Å². The highest BCUT2D eigenvalue weighted by Crippen LogP contribution is 2.13. The number of ketones is 1. The molecule has 2 aromatic carbocycles. The first-order valence-corrected chi connectivity index (χ1v) is 10.5. The van der Waals surface area contributed by atoms with Crippen LogP contribution in [0.1, 0.15) is 53.9 Å². The van der Waals surface area contributed by atoms with Gasteiger partial charge in [-0.05, 0) is 18.4 Å². The molecule has 0 aliphatic heterocycles. The first-order valence-electron chi connectivity index (χ1n) is 10.5. The largest absolute Gasteiger partial charge is 0.331 e. The van der Waals surface area contributed by atoms with Gasteiger partial charge in [0, 0.05) is 29.8 Å². The number of Topliss-reactive ketones (excluding diaryl/α,β-unsaturated/α-hetero) is 1. The van der Waals surface area contributed by atoms with Gasteiger partial charge in [-0.25, -0.2) is 4.79 Å². The van der Waals surface area contributed by atoms with Gasteiger partial charge in [-0.15, -0.1) is 0 Å². The Labute approximate surface area is 176 Å². The van der Waals surface area contributed by atoms with E-state index in [1.165, 1.54) is 0 Å². The number of carbonyl (C=O) groups is 1. The predicted molar refractivity (Wildman–Crippen MR) is 119 cm³/mol. The van der Waals surface area contributed by atoms with Crippen molar-refractivity contribution in [3.8, 4) is 0 Å². The summed E-state index contributed by atoms with van der Waals surface area (Å²) < 4.78 is 2.81. The van der Waals surface area contributed by atoms with Crippen LogP contribution in [-0.2, 0) is 25.9 Å². The summed E-state index contributed by atoms with van der Waals surface area (Å²) in [5.41, 5.74) is 2.15. The monoisotopic (exact) mass is 404 g/mol. The van der Waals surface area contributed by atoms with Gasteiger partial charge in [-0.1, -0.05) is 80.9 Å². The van der Waals surface area contributed by atoms with Gasteiger partial charge in [0.05, 0.1) is 6.54 Å². The second-order valence-corrected chi connectivity index (χ2v) is 7.41. The zero-order valence-electron chi connectivity index (χ0n) is 17.6. The molecule has 0 saturated heterocycles. The number of aromatic nitrogens is 2. The van der Waals surface area contributed by atoms with Crippen molar-refractivity contribution in [2.75, 3.05) is 0 Å². The molecule has 0 unspecified atom stereocenters. The molecule has 30 heavy (non-hydrogen) atoms. The van der Waals surface area contributed by atoms with E-state index in [4.69, 9.17) is 0 Å². The molecule has 156 valence electrons. The van der Waals surface area contributed by atoms with E-state index in [1.54, 1.807) is 28.8 Å². The van der Waals surface area contributed by atoms with Crippen LogP contribution >= 0.6 is 0 Å². The summed E-state index contributed by atoms with van der Waals surface area (Å²) in [5.74, 6) is -0.241. The minimum absolute atomic E-state index is 0.241. The number of carbonyl (C=O) groups excluding carboxylic acids is 1. The molecule has 1 heterocycles. The summed E-state index contributed by atoms with van der Waals surface area (Å²) in [7, 11) is 0. The standard InChI is InChI=1S/C25H28N2O3/c1-3-5-16-26-22(17-19-12-8-6-9-13-19)21(4-2)24(29)27(25(26)30)18-23(28)20-14-10-7-11-15-20/h6-15H,3-5,16-18H2,1-2H3. The molecule has 0 saturated carbocycles. The fraction of sp³-hybridized carbons (Fsp3) is 0.320. The molecule has 0 spiro atoms. The number of hydrogen-bond donors (Lipinski definition) is 0. The Bertz CT molecular complexity index is 1110. The van der Waals surface area contributed by atoms with Gasteiger partial charge in [0.2, 0.25) is 0 Å². The number of unbranched alkanes of at least 4 members (excludes halogenated alkanes) is 1. The molecule has 0 fully saturated rings. The summed E-state index contributed by atoms with van der Waals surface area (Å²) in [5, 5.41) is 0. The maximum Gasteiger partial charge on any atom is 0.331 e. The average molecular weight is 405 g/mol. The lowest BCUT2D eigenvalue weighted by molar-refractivity contribution is 0.0968. The molecule has 0 aliphatic rings. The minimum Gasteiger partial charge on any atom is -0.297 e. The molecule has 0 atom stereocenters. The van der Waals surface area contributed by atoms with Crippen molar-refractivity contribution < 1.29 is 4.79 Å². The highest BCUT2D eigenvalue weighted by Gasteiger charge is 2.20. The lowest BCUT2D eigenvalue weighted by Crippen LogP contribution is -2.45. The van der Waals surface area contributed by atoms with Crippen LogP contribution in [0.25, 0.3) is 0 Å². The first kappa shape index (κ1) is 21.5. The van der Waals surface area contributed by atoms with Gasteiger partial charge < -0.3 is 0 Å². The molecule has 0 N–H and O–H groups in total. The third-order valence-electron chi connectivity index (χ3n) is 5.34. The molecule has 0 bridgehead atoms. The van der Waals surface area contributed by atoms with Crippen molar-refractivity contribution in [1.82, 2.24) is 9.13 Å². The SMILES string of the molecule is CCCCn1c(Cc2ccccc2)c(CC)c(=O)n(CC(=O)c2ccccc2)c1=O. The van der Waals surface area contributed by atoms with Crippen molar-refractivity contribution in [1.29, 1.82) is 0 Å². The van der Waals surface area contributed by atoms with E-state index in [2.05, 4.69) is 6.92 Å². The van der Waals surface area contributed by atoms with Crippen molar-refractivity contribution in [3.05, 3.63) is 104 Å². The van der Waals surface area contributed by atoms with E-state index in [-0.39, 0.29) is 17.9 Å². The highest BCUT2D eigenvalue weighted by atomic mass is 16.2. The Morgan fingerprint density at radius 3 is 2.10 bits per heavy atom. The quantitative estimate of drug-likeness (QED) is 0.509. The Balaban J connectivity index is 2.11. The molecule has 5 nitrogen and oxygen atoms in total. The van der Waals surface area contributed by atoms with E-state index in [9.17, 15) is 14.4 Å². The van der Waals surface area contributed by atoms with Gasteiger partial charge in [-0.2, -0.15) is 0 Å². The summed E-state index contributed by atoms with van der Waals surface area (Å²) in [4.78, 5) is 39.2. The summed E-state index contributed by atoms with van der Waals surface area (Å²) >= 11 is 0. The predicted octanol–water partition coefficient (Wildman–Crippen LogP) is 3.85. The fourth-order valence-electron chi connectivity index (χ4n) is 3.69. The molecule has 0 radical (unpaired) electrons. The van der Waals surface area contributed by atoms with E-state index in [1.807, 2.05) is 43.3 Å². The average Bonchev–Trinajstić information content (AvgIpc) is 2.78. The minimum atomic E-state index is -0.402. The number of hydrogen-bond acceptors (Lipinski definition) is 3. The zero-order chi connectivity index (χ0) is 21.5. The van der Waals surface area contributed by atoms with Crippen molar-refractivity contribution in [2.24, 2.45) is 0 Å². The zero-order valence-corrected chi connectivity index (χ0v) is 17.6. The maximum atomic E-state index is 13.3. The molecule has 3 aromatic rings. The molecule has 0 aliphatic carbocycles. The Morgan fingerprint density at radius 1 is 0.867 bits per heavy atom. The van der Waals surface area contributed by atoms with Crippen LogP contribution in [0.3, 0.4) is 0 Å². The maximum absolute atomic E-state index is 13.3. The van der Waals surface area contributed by atoms with Crippen LogP contribution in [-0.4, -0.2) is 14.9 Å². The van der Waals surface area contributed by atoms with Gasteiger partial charge >= 0.3 is 5.69 Å². The van der Waals surface area contributed by atoms with E-state index < -0.39 is 5.69 Å². The second kappa shape index (κ2) is 10.0. The Morgan fingerprint density at radius 2 is 1.50 bits per heavy atom. The third-order valence-corrected chi connectivity index (χ3v) is 5.34. The van der Waals surface area contributed by atoms with E-state index in [0.29, 0.717) is 30.5 Å². The van der Waals surface area contributed by atoms with E-state index in [0.717, 1.165) is 28.7 Å². The molecular weight excluding hydrogens is 376 g/mol. The number of nitrogens with zero attached hydrogens (tertiary/aromatic N) is 2. The second-order valence-electron chi connectivity index (χ2n) is 7.41. The molecule has 1 aromatic heterocycles. The van der Waals surface area contributed by atoms with Crippen LogP contribution in [0.15, 0.2) is 70.3 Å². The number of rotatable bonds is 9. The van der Waals surface area contributed by atoms with Crippen LogP contribution in [0.2, 0.25) is 0 Å². The van der Waals surface area contributed by atoms with Crippen molar-refractivity contribution in [3.63, 3.8) is 0 Å². The molecule has 5 heteroatoms. The van der Waals surface area contributed by atoms with Gasteiger partial charge in [0.15, 0.2) is 5.78 Å². The van der Waals surface area contributed by atoms with Gasteiger partial charge in [0.25, 0.3) is 5.56 Å². The Hall–Kier alpha value is -3.21. The van der Waals surface area contributed by atoms with E-state index >= 15 is 0 Å². The molecule has 3 rings (SSSR count). The van der Waals surface area contributed by atoms with Gasteiger partial charge in [-0.3, -0.25) is 18.7 Å². The lowest BCUT2D eigenvalue weighted by Gasteiger charge is -2.19. The smallest absolute Gasteiger partial charge is 0.297 e. The summed E-state index contributed by atoms with van der Waals surface area (Å²) in [6, 6.07) is 18.6. The summed E-state index contributed by atoms with van der Waals surface area (Å²) in [6.45, 7) is 4.28. The van der Waals surface area contributed by atoms with Gasteiger partial charge in [0.1, 0.15) is 0 Å². The van der Waals surface area contributed by atoms with Crippen molar-refractivity contribution >= 4 is 5.78 Å². The topological polar surface area (TPSA) is 61.1 Å². The highest BCUT2D eigenvalue weighted by molar-refractivity contribution is 5.95. The van der Waals surface area contributed by atoms with Crippen LogP contribution in [0.5, 0.6) is 0 Å². The summed E-state index contributed by atoms with van der Waals surface area (Å²) in [6.07, 6.45) is 2.79. The normalized spacial score (nSPS) is 10.9. The lowest BCUT2D eigenvalue weighted by atomic mass is 10.0. The first-order chi connectivity index (χ1) is 14.6. The third kappa shape index (κ3) is 4.67.